The van der Waals surface area contributed by atoms with E-state index in [4.69, 9.17) is 5.21 Å². The van der Waals surface area contributed by atoms with Crippen molar-refractivity contribution >= 4 is 17.3 Å². The molecule has 1 amide bonds. The van der Waals surface area contributed by atoms with Crippen molar-refractivity contribution in [2.24, 2.45) is 5.16 Å². The highest BCUT2D eigenvalue weighted by molar-refractivity contribution is 6.05. The number of rotatable bonds is 4. The first kappa shape index (κ1) is 14.4. The van der Waals surface area contributed by atoms with E-state index in [0.29, 0.717) is 6.42 Å². The van der Waals surface area contributed by atoms with Crippen molar-refractivity contribution in [3.05, 3.63) is 29.8 Å². The van der Waals surface area contributed by atoms with Crippen LogP contribution in [0.1, 0.15) is 31.2 Å². The Kier molecular flexibility index (Phi) is 4.98. The van der Waals surface area contributed by atoms with Crippen LogP contribution in [0.15, 0.2) is 29.4 Å². The fourth-order valence-corrected chi connectivity index (χ4v) is 2.58. The zero-order valence-corrected chi connectivity index (χ0v) is 11.8. The van der Waals surface area contributed by atoms with Crippen molar-refractivity contribution in [1.29, 1.82) is 0 Å². The van der Waals surface area contributed by atoms with Gasteiger partial charge in [-0.05, 0) is 25.3 Å². The van der Waals surface area contributed by atoms with E-state index in [1.165, 1.54) is 0 Å². The summed E-state index contributed by atoms with van der Waals surface area (Å²) in [7, 11) is 1.66. The van der Waals surface area contributed by atoms with Gasteiger partial charge in [0, 0.05) is 37.8 Å². The normalized spacial score (nSPS) is 16.6. The third kappa shape index (κ3) is 3.29. The van der Waals surface area contributed by atoms with Crippen LogP contribution in [0.4, 0.5) is 5.69 Å². The molecule has 1 aliphatic heterocycles. The Morgan fingerprint density at radius 1 is 1.45 bits per heavy atom. The monoisotopic (exact) mass is 275 g/mol. The van der Waals surface area contributed by atoms with E-state index >= 15 is 0 Å². The maximum atomic E-state index is 11.3. The van der Waals surface area contributed by atoms with Crippen molar-refractivity contribution in [2.45, 2.75) is 25.7 Å². The third-order valence-electron chi connectivity index (χ3n) is 3.63. The topological polar surface area (TPSA) is 64.9 Å². The second kappa shape index (κ2) is 6.93. The molecule has 0 aliphatic carbocycles. The lowest BCUT2D eigenvalue weighted by Crippen LogP contribution is -2.27. The van der Waals surface area contributed by atoms with Crippen LogP contribution in [0.5, 0.6) is 0 Å². The third-order valence-corrected chi connectivity index (χ3v) is 3.63. The quantitative estimate of drug-likeness (QED) is 0.652. The molecule has 2 N–H and O–H groups in total. The molecule has 0 spiro atoms. The minimum atomic E-state index is 0.0747. The number of fused-ring (bicyclic) bond motifs is 1. The number of nitrogens with zero attached hydrogens (tertiary/aromatic N) is 2. The number of anilines is 1. The average Bonchev–Trinajstić information content (AvgIpc) is 2.66. The van der Waals surface area contributed by atoms with Crippen molar-refractivity contribution in [3.63, 3.8) is 0 Å². The second-order valence-corrected chi connectivity index (χ2v) is 4.93. The highest BCUT2D eigenvalue weighted by atomic mass is 16.4. The van der Waals surface area contributed by atoms with Gasteiger partial charge in [0.15, 0.2) is 0 Å². The number of oxime groups is 1. The highest BCUT2D eigenvalue weighted by Gasteiger charge is 2.19. The van der Waals surface area contributed by atoms with E-state index in [-0.39, 0.29) is 5.91 Å². The Balaban J connectivity index is 2.11. The number of benzene rings is 1. The summed E-state index contributed by atoms with van der Waals surface area (Å²) in [6.07, 6.45) is 3.09. The van der Waals surface area contributed by atoms with Crippen molar-refractivity contribution < 1.29 is 10.0 Å². The molecule has 0 aromatic heterocycles. The van der Waals surface area contributed by atoms with E-state index in [0.717, 1.165) is 49.3 Å². The molecule has 0 atom stereocenters. The molecule has 2 rings (SSSR count). The molecule has 108 valence electrons. The molecule has 1 aromatic carbocycles. The molecule has 5 heteroatoms. The largest absolute Gasteiger partial charge is 0.411 e. The molecule has 0 unspecified atom stereocenters. The summed E-state index contributed by atoms with van der Waals surface area (Å²) < 4.78 is 0. The van der Waals surface area contributed by atoms with Crippen LogP contribution in [-0.2, 0) is 4.79 Å². The Labute approximate surface area is 119 Å². The van der Waals surface area contributed by atoms with E-state index in [2.05, 4.69) is 15.4 Å². The van der Waals surface area contributed by atoms with Gasteiger partial charge in [-0.2, -0.15) is 0 Å². The molecule has 1 heterocycles. The fourth-order valence-electron chi connectivity index (χ4n) is 2.58. The molecule has 0 saturated heterocycles. The van der Waals surface area contributed by atoms with Gasteiger partial charge < -0.3 is 15.4 Å². The molecule has 0 bridgehead atoms. The lowest BCUT2D eigenvalue weighted by Gasteiger charge is -2.24. The minimum Gasteiger partial charge on any atom is -0.411 e. The van der Waals surface area contributed by atoms with Gasteiger partial charge in [-0.25, -0.2) is 0 Å². The van der Waals surface area contributed by atoms with E-state index in [9.17, 15) is 4.79 Å². The Morgan fingerprint density at radius 3 is 3.00 bits per heavy atom. The van der Waals surface area contributed by atoms with Gasteiger partial charge in [-0.15, -0.1) is 0 Å². The van der Waals surface area contributed by atoms with Crippen LogP contribution >= 0.6 is 0 Å². The summed E-state index contributed by atoms with van der Waals surface area (Å²) in [6, 6.07) is 7.98. The first-order valence-electron chi connectivity index (χ1n) is 7.02. The van der Waals surface area contributed by atoms with Crippen LogP contribution < -0.4 is 10.2 Å². The Morgan fingerprint density at radius 2 is 2.25 bits per heavy atom. The number of carbonyl (C=O) groups excluding carboxylic acids is 1. The molecule has 0 saturated carbocycles. The molecule has 1 aliphatic rings. The number of nitrogens with one attached hydrogen (secondary N) is 1. The van der Waals surface area contributed by atoms with E-state index < -0.39 is 0 Å². The van der Waals surface area contributed by atoms with E-state index in [1.54, 1.807) is 7.05 Å². The first-order valence-corrected chi connectivity index (χ1v) is 7.02. The van der Waals surface area contributed by atoms with Crippen LogP contribution in [0, 0.1) is 0 Å². The lowest BCUT2D eigenvalue weighted by atomic mass is 10.1. The van der Waals surface area contributed by atoms with Crippen LogP contribution in [0.3, 0.4) is 0 Å². The molecule has 20 heavy (non-hydrogen) atoms. The molecule has 1 aromatic rings. The van der Waals surface area contributed by atoms with Gasteiger partial charge in [0.1, 0.15) is 0 Å². The molecular formula is C15H21N3O2. The maximum absolute atomic E-state index is 11.3. The zero-order valence-electron chi connectivity index (χ0n) is 11.8. The highest BCUT2D eigenvalue weighted by Crippen LogP contribution is 2.26. The van der Waals surface area contributed by atoms with Crippen molar-refractivity contribution in [1.82, 2.24) is 5.32 Å². The first-order chi connectivity index (χ1) is 9.76. The summed E-state index contributed by atoms with van der Waals surface area (Å²) >= 11 is 0. The summed E-state index contributed by atoms with van der Waals surface area (Å²) in [5, 5.41) is 15.2. The summed E-state index contributed by atoms with van der Waals surface area (Å²) in [5.41, 5.74) is 2.83. The number of hydrogen-bond donors (Lipinski definition) is 2. The number of carbonyl (C=O) groups is 1. The molecule has 5 nitrogen and oxygen atoms in total. The molecular weight excluding hydrogens is 254 g/mol. The van der Waals surface area contributed by atoms with Gasteiger partial charge in [0.05, 0.1) is 5.71 Å². The summed E-state index contributed by atoms with van der Waals surface area (Å²) in [4.78, 5) is 13.6. The van der Waals surface area contributed by atoms with Crippen molar-refractivity contribution in [3.8, 4) is 0 Å². The standard InChI is InChI=1S/C15H21N3O2/c1-16-15(19)9-5-11-18-10-4-7-13(17-20)12-6-2-3-8-14(12)18/h2-3,6,8,20H,4-5,7,9-11H2,1H3,(H,16,19)/b17-13-. The SMILES string of the molecule is CNC(=O)CCCN1CCC/C(=N/O)c2ccccc21. The second-order valence-electron chi connectivity index (χ2n) is 4.93. The molecule has 0 fully saturated rings. The average molecular weight is 275 g/mol. The maximum Gasteiger partial charge on any atom is 0.219 e. The predicted octanol–water partition coefficient (Wildman–Crippen LogP) is 1.99. The lowest BCUT2D eigenvalue weighted by molar-refractivity contribution is -0.120. The summed E-state index contributed by atoms with van der Waals surface area (Å²) in [6.45, 7) is 1.76. The zero-order chi connectivity index (χ0) is 14.4. The van der Waals surface area contributed by atoms with Crippen LogP contribution in [0.25, 0.3) is 0 Å². The van der Waals surface area contributed by atoms with Crippen LogP contribution in [-0.4, -0.2) is 37.0 Å². The number of amides is 1. The number of hydrogen-bond acceptors (Lipinski definition) is 4. The fraction of sp³-hybridized carbons (Fsp3) is 0.467. The molecule has 0 radical (unpaired) electrons. The Bertz CT molecular complexity index is 500. The smallest absolute Gasteiger partial charge is 0.219 e. The van der Waals surface area contributed by atoms with Crippen LogP contribution in [0.2, 0.25) is 0 Å². The minimum absolute atomic E-state index is 0.0747. The predicted molar refractivity (Wildman–Crippen MR) is 79.5 cm³/mol. The van der Waals surface area contributed by atoms with Gasteiger partial charge in [0.2, 0.25) is 5.91 Å². The van der Waals surface area contributed by atoms with Gasteiger partial charge in [0.25, 0.3) is 0 Å². The van der Waals surface area contributed by atoms with Gasteiger partial charge >= 0.3 is 0 Å². The van der Waals surface area contributed by atoms with Gasteiger partial charge in [-0.1, -0.05) is 23.4 Å². The van der Waals surface area contributed by atoms with Gasteiger partial charge in [-0.3, -0.25) is 4.79 Å². The van der Waals surface area contributed by atoms with E-state index in [1.807, 2.05) is 24.3 Å². The summed E-state index contributed by atoms with van der Waals surface area (Å²) in [5.74, 6) is 0.0747. The number of para-hydroxylation sites is 1. The van der Waals surface area contributed by atoms with Crippen molar-refractivity contribution in [2.75, 3.05) is 25.0 Å². The Hall–Kier alpha value is -2.04.